The van der Waals surface area contributed by atoms with Crippen LogP contribution in [-0.2, 0) is 0 Å². The average Bonchev–Trinajstić information content (AvgIpc) is 2.87. The number of methoxy groups -OCH3 is 1. The van der Waals surface area contributed by atoms with Crippen molar-refractivity contribution in [1.29, 1.82) is 0 Å². The zero-order valence-corrected chi connectivity index (χ0v) is 11.0. The van der Waals surface area contributed by atoms with Crippen molar-refractivity contribution < 1.29 is 24.3 Å². The molecule has 0 unspecified atom stereocenters. The lowest BCUT2D eigenvalue weighted by Crippen LogP contribution is -1.94. The molecule has 0 spiro atoms. The molecule has 0 saturated heterocycles. The lowest BCUT2D eigenvalue weighted by molar-refractivity contribution is -0.385. The second-order valence-corrected chi connectivity index (χ2v) is 4.66. The third kappa shape index (κ3) is 2.86. The summed E-state index contributed by atoms with van der Waals surface area (Å²) in [5.74, 6) is -0.693. The Morgan fingerprint density at radius 3 is 2.65 bits per heavy atom. The molecule has 104 valence electrons. The maximum absolute atomic E-state index is 10.9. The molecular weight excluding hydrogens is 286 g/mol. The van der Waals surface area contributed by atoms with Gasteiger partial charge in [0.05, 0.1) is 18.1 Å². The number of carboxylic acid groups (broad SMARTS) is 1. The second-order valence-electron chi connectivity index (χ2n) is 3.62. The Kier molecular flexibility index (Phi) is 3.85. The Balaban J connectivity index is 2.26. The van der Waals surface area contributed by atoms with E-state index in [0.717, 1.165) is 11.3 Å². The Hall–Kier alpha value is -2.61. The first-order valence-electron chi connectivity index (χ1n) is 5.34. The van der Waals surface area contributed by atoms with E-state index in [2.05, 4.69) is 0 Å². The number of nitrogens with zero attached hydrogens (tertiary/aromatic N) is 1. The van der Waals surface area contributed by atoms with Crippen LogP contribution in [0.15, 0.2) is 30.3 Å². The summed E-state index contributed by atoms with van der Waals surface area (Å²) < 4.78 is 10.3. The number of carboxylic acids is 1. The van der Waals surface area contributed by atoms with Crippen LogP contribution in [0.3, 0.4) is 0 Å². The summed E-state index contributed by atoms with van der Waals surface area (Å²) in [4.78, 5) is 21.2. The van der Waals surface area contributed by atoms with Gasteiger partial charge in [0.25, 0.3) is 0 Å². The van der Waals surface area contributed by atoms with E-state index in [4.69, 9.17) is 14.6 Å². The molecule has 0 fully saturated rings. The fourth-order valence-corrected chi connectivity index (χ4v) is 2.20. The van der Waals surface area contributed by atoms with Crippen molar-refractivity contribution >= 4 is 23.0 Å². The van der Waals surface area contributed by atoms with E-state index in [-0.39, 0.29) is 22.1 Å². The second kappa shape index (κ2) is 5.57. The SMILES string of the molecule is COc1ccc(Oc2ccc(C(=O)O)s2)cc1[N+](=O)[O-]. The van der Waals surface area contributed by atoms with Crippen molar-refractivity contribution in [2.24, 2.45) is 0 Å². The van der Waals surface area contributed by atoms with Crippen molar-refractivity contribution in [3.05, 3.63) is 45.3 Å². The molecule has 0 radical (unpaired) electrons. The minimum Gasteiger partial charge on any atom is -0.490 e. The van der Waals surface area contributed by atoms with Crippen LogP contribution in [0.4, 0.5) is 5.69 Å². The highest BCUT2D eigenvalue weighted by atomic mass is 32.1. The molecule has 7 nitrogen and oxygen atoms in total. The number of hydrogen-bond acceptors (Lipinski definition) is 6. The highest BCUT2D eigenvalue weighted by Gasteiger charge is 2.16. The summed E-state index contributed by atoms with van der Waals surface area (Å²) in [7, 11) is 1.33. The number of rotatable bonds is 5. The highest BCUT2D eigenvalue weighted by molar-refractivity contribution is 7.15. The van der Waals surface area contributed by atoms with E-state index in [1.165, 1.54) is 37.4 Å². The lowest BCUT2D eigenvalue weighted by atomic mass is 10.3. The molecule has 0 aliphatic carbocycles. The minimum absolute atomic E-state index is 0.125. The van der Waals surface area contributed by atoms with E-state index >= 15 is 0 Å². The maximum atomic E-state index is 10.9. The Morgan fingerprint density at radius 1 is 1.35 bits per heavy atom. The molecule has 0 saturated carbocycles. The van der Waals surface area contributed by atoms with Crippen molar-refractivity contribution in [2.75, 3.05) is 7.11 Å². The molecule has 1 heterocycles. The number of nitro benzene ring substituents is 1. The summed E-state index contributed by atoms with van der Waals surface area (Å²) >= 11 is 0.937. The number of thiophene rings is 1. The third-order valence-corrected chi connectivity index (χ3v) is 3.31. The maximum Gasteiger partial charge on any atom is 0.345 e. The molecule has 0 aliphatic rings. The Labute approximate surface area is 117 Å². The molecule has 1 N–H and O–H groups in total. The molecule has 0 atom stereocenters. The lowest BCUT2D eigenvalue weighted by Gasteiger charge is -2.05. The van der Waals surface area contributed by atoms with Crippen LogP contribution in [0.25, 0.3) is 0 Å². The molecule has 1 aromatic heterocycles. The smallest absolute Gasteiger partial charge is 0.345 e. The molecule has 1 aromatic carbocycles. The quantitative estimate of drug-likeness (QED) is 0.672. The van der Waals surface area contributed by atoms with E-state index in [0.29, 0.717) is 5.06 Å². The van der Waals surface area contributed by atoms with E-state index in [9.17, 15) is 14.9 Å². The summed E-state index contributed by atoms with van der Waals surface area (Å²) in [6.07, 6.45) is 0. The van der Waals surface area contributed by atoms with Gasteiger partial charge in [-0.3, -0.25) is 10.1 Å². The van der Waals surface area contributed by atoms with Gasteiger partial charge in [0.1, 0.15) is 10.6 Å². The number of carbonyl (C=O) groups is 1. The van der Waals surface area contributed by atoms with Gasteiger partial charge >= 0.3 is 11.7 Å². The molecule has 20 heavy (non-hydrogen) atoms. The van der Waals surface area contributed by atoms with Crippen molar-refractivity contribution in [3.63, 3.8) is 0 Å². The van der Waals surface area contributed by atoms with Crippen LogP contribution >= 0.6 is 11.3 Å². The van der Waals surface area contributed by atoms with Crippen molar-refractivity contribution in [2.45, 2.75) is 0 Å². The van der Waals surface area contributed by atoms with Crippen molar-refractivity contribution in [3.8, 4) is 16.6 Å². The van der Waals surface area contributed by atoms with Gasteiger partial charge in [-0.15, -0.1) is 0 Å². The highest BCUT2D eigenvalue weighted by Crippen LogP contribution is 2.35. The van der Waals surface area contributed by atoms with Gasteiger partial charge in [-0.1, -0.05) is 11.3 Å². The topological polar surface area (TPSA) is 98.9 Å². The Morgan fingerprint density at radius 2 is 2.10 bits per heavy atom. The summed E-state index contributed by atoms with van der Waals surface area (Å²) in [6, 6.07) is 7.04. The van der Waals surface area contributed by atoms with Crippen LogP contribution in [0.2, 0.25) is 0 Å². The predicted molar refractivity (Wildman–Crippen MR) is 71.0 cm³/mol. The number of ether oxygens (including phenoxy) is 2. The van der Waals surface area contributed by atoms with Gasteiger partial charge in [-0.25, -0.2) is 4.79 Å². The van der Waals surface area contributed by atoms with Crippen LogP contribution in [-0.4, -0.2) is 23.1 Å². The number of nitro groups is 1. The first-order valence-corrected chi connectivity index (χ1v) is 6.16. The third-order valence-electron chi connectivity index (χ3n) is 2.36. The zero-order valence-electron chi connectivity index (χ0n) is 10.2. The molecule has 2 aromatic rings. The molecule has 8 heteroatoms. The largest absolute Gasteiger partial charge is 0.490 e. The van der Waals surface area contributed by atoms with Gasteiger partial charge in [0, 0.05) is 0 Å². The minimum atomic E-state index is -1.05. The van der Waals surface area contributed by atoms with Gasteiger partial charge in [0.2, 0.25) is 0 Å². The number of hydrogen-bond donors (Lipinski definition) is 1. The Bertz CT molecular complexity index is 666. The average molecular weight is 295 g/mol. The predicted octanol–water partition coefficient (Wildman–Crippen LogP) is 3.16. The zero-order chi connectivity index (χ0) is 14.7. The molecule has 0 bridgehead atoms. The van der Waals surface area contributed by atoms with Crippen LogP contribution in [0, 0.1) is 10.1 Å². The van der Waals surface area contributed by atoms with Gasteiger partial charge in [0.15, 0.2) is 10.8 Å². The summed E-state index contributed by atoms with van der Waals surface area (Å²) in [5.41, 5.74) is -0.222. The molecule has 0 amide bonds. The molecule has 0 aliphatic heterocycles. The van der Waals surface area contributed by atoms with Crippen LogP contribution in [0.5, 0.6) is 16.6 Å². The first-order chi connectivity index (χ1) is 9.51. The summed E-state index contributed by atoms with van der Waals surface area (Å²) in [5, 5.41) is 20.0. The monoisotopic (exact) mass is 295 g/mol. The van der Waals surface area contributed by atoms with Crippen LogP contribution < -0.4 is 9.47 Å². The van der Waals surface area contributed by atoms with E-state index in [1.54, 1.807) is 0 Å². The van der Waals surface area contributed by atoms with Crippen molar-refractivity contribution in [1.82, 2.24) is 0 Å². The first kappa shape index (κ1) is 13.8. The fourth-order valence-electron chi connectivity index (χ4n) is 1.48. The summed E-state index contributed by atoms with van der Waals surface area (Å²) in [6.45, 7) is 0. The number of benzene rings is 1. The van der Waals surface area contributed by atoms with Crippen LogP contribution in [0.1, 0.15) is 9.67 Å². The van der Waals surface area contributed by atoms with Gasteiger partial charge in [-0.05, 0) is 24.3 Å². The van der Waals surface area contributed by atoms with Gasteiger partial charge in [-0.2, -0.15) is 0 Å². The standard InChI is InChI=1S/C12H9NO6S/c1-18-9-3-2-7(6-8(9)13(16)17)19-11-5-4-10(20-11)12(14)15/h2-6H,1H3,(H,14,15). The van der Waals surface area contributed by atoms with Gasteiger partial charge < -0.3 is 14.6 Å². The molecular formula is C12H9NO6S. The normalized spacial score (nSPS) is 10.1. The van der Waals surface area contributed by atoms with E-state index in [1.807, 2.05) is 0 Å². The van der Waals surface area contributed by atoms with E-state index < -0.39 is 10.9 Å². The molecule has 2 rings (SSSR count). The fraction of sp³-hybridized carbons (Fsp3) is 0.0833. The number of aromatic carboxylic acids is 1.